The smallest absolute Gasteiger partial charge is 0.309 e. The predicted molar refractivity (Wildman–Crippen MR) is 63.5 cm³/mol. The number of rotatable bonds is 3. The molecule has 0 aromatic carbocycles. The molecule has 0 amide bonds. The second kappa shape index (κ2) is 6.15. The molecular weight excluding hydrogens is 218 g/mol. The highest BCUT2D eigenvalue weighted by atomic mass is 16.5. The summed E-state index contributed by atoms with van der Waals surface area (Å²) in [5.41, 5.74) is 0. The fraction of sp³-hybridized carbons (Fsp3) is 0.846. The van der Waals surface area contributed by atoms with Crippen LogP contribution in [0.4, 0.5) is 0 Å². The van der Waals surface area contributed by atoms with Crippen molar-refractivity contribution in [3.05, 3.63) is 0 Å². The third-order valence-electron chi connectivity index (χ3n) is 3.87. The molecule has 1 saturated carbocycles. The van der Waals surface area contributed by atoms with E-state index in [0.717, 1.165) is 57.9 Å². The molecule has 1 N–H and O–H groups in total. The summed E-state index contributed by atoms with van der Waals surface area (Å²) in [5, 5.41) is 3.24. The Morgan fingerprint density at radius 2 is 1.71 bits per heavy atom. The Hall–Kier alpha value is -0.900. The lowest BCUT2D eigenvalue weighted by Crippen LogP contribution is -2.35. The zero-order chi connectivity index (χ0) is 12.1. The summed E-state index contributed by atoms with van der Waals surface area (Å²) in [6.45, 7) is 1.83. The lowest BCUT2D eigenvalue weighted by atomic mass is 9.88. The summed E-state index contributed by atoms with van der Waals surface area (Å²) >= 11 is 0. The Labute approximate surface area is 102 Å². The molecule has 0 atom stereocenters. The van der Waals surface area contributed by atoms with Crippen LogP contribution in [0, 0.1) is 11.8 Å². The van der Waals surface area contributed by atoms with E-state index in [1.54, 1.807) is 0 Å². The highest BCUT2D eigenvalue weighted by Gasteiger charge is 2.27. The highest BCUT2D eigenvalue weighted by molar-refractivity contribution is 5.72. The van der Waals surface area contributed by atoms with Gasteiger partial charge in [-0.05, 0) is 51.6 Å². The molecule has 0 unspecified atom stereocenters. The maximum Gasteiger partial charge on any atom is 0.309 e. The lowest BCUT2D eigenvalue weighted by molar-refractivity contribution is -0.156. The van der Waals surface area contributed by atoms with Gasteiger partial charge in [0.05, 0.1) is 5.92 Å². The molecular formula is C13H21NO3. The highest BCUT2D eigenvalue weighted by Crippen LogP contribution is 2.26. The molecule has 0 bridgehead atoms. The zero-order valence-corrected chi connectivity index (χ0v) is 10.2. The molecule has 1 saturated heterocycles. The van der Waals surface area contributed by atoms with Crippen molar-refractivity contribution in [3.8, 4) is 0 Å². The van der Waals surface area contributed by atoms with Crippen molar-refractivity contribution in [1.82, 2.24) is 5.32 Å². The molecule has 1 aliphatic heterocycles. The molecule has 17 heavy (non-hydrogen) atoms. The number of esters is 1. The number of piperidine rings is 1. The van der Waals surface area contributed by atoms with Gasteiger partial charge in [-0.3, -0.25) is 4.79 Å². The molecule has 96 valence electrons. The van der Waals surface area contributed by atoms with Crippen molar-refractivity contribution >= 4 is 12.3 Å². The van der Waals surface area contributed by atoms with Gasteiger partial charge in [-0.2, -0.15) is 0 Å². The van der Waals surface area contributed by atoms with Crippen molar-refractivity contribution < 1.29 is 14.3 Å². The van der Waals surface area contributed by atoms with E-state index in [-0.39, 0.29) is 23.9 Å². The van der Waals surface area contributed by atoms with Crippen LogP contribution in [0.3, 0.4) is 0 Å². The minimum atomic E-state index is -0.0268. The van der Waals surface area contributed by atoms with E-state index in [0.29, 0.717) is 0 Å². The Bertz CT molecular complexity index is 266. The van der Waals surface area contributed by atoms with Gasteiger partial charge in [0, 0.05) is 5.92 Å². The summed E-state index contributed by atoms with van der Waals surface area (Å²) < 4.78 is 5.54. The van der Waals surface area contributed by atoms with E-state index in [2.05, 4.69) is 5.32 Å². The SMILES string of the molecule is O=CC1CCC(OC(=O)C2CCNCC2)CC1. The van der Waals surface area contributed by atoms with Crippen molar-refractivity contribution in [2.75, 3.05) is 13.1 Å². The molecule has 2 aliphatic rings. The molecule has 2 fully saturated rings. The van der Waals surface area contributed by atoms with Crippen molar-refractivity contribution in [2.45, 2.75) is 44.6 Å². The average molecular weight is 239 g/mol. The first-order valence-electron chi connectivity index (χ1n) is 6.66. The number of ether oxygens (including phenoxy) is 1. The van der Waals surface area contributed by atoms with Gasteiger partial charge in [0.15, 0.2) is 0 Å². The van der Waals surface area contributed by atoms with E-state index in [1.165, 1.54) is 0 Å². The van der Waals surface area contributed by atoms with Crippen LogP contribution in [0.15, 0.2) is 0 Å². The standard InChI is InChI=1S/C13H21NO3/c15-9-10-1-3-12(4-2-10)17-13(16)11-5-7-14-8-6-11/h9-12,14H,1-8H2. The van der Waals surface area contributed by atoms with Crippen LogP contribution in [-0.4, -0.2) is 31.4 Å². The van der Waals surface area contributed by atoms with Crippen LogP contribution in [0.2, 0.25) is 0 Å². The van der Waals surface area contributed by atoms with E-state index in [9.17, 15) is 9.59 Å². The normalized spacial score (nSPS) is 30.8. The van der Waals surface area contributed by atoms with Crippen LogP contribution < -0.4 is 5.32 Å². The molecule has 1 aliphatic carbocycles. The van der Waals surface area contributed by atoms with Gasteiger partial charge in [0.25, 0.3) is 0 Å². The molecule has 1 heterocycles. The van der Waals surface area contributed by atoms with Gasteiger partial charge < -0.3 is 14.8 Å². The van der Waals surface area contributed by atoms with E-state index < -0.39 is 0 Å². The first-order chi connectivity index (χ1) is 8.29. The minimum absolute atomic E-state index is 0.0268. The van der Waals surface area contributed by atoms with Crippen molar-refractivity contribution in [2.24, 2.45) is 11.8 Å². The minimum Gasteiger partial charge on any atom is -0.462 e. The van der Waals surface area contributed by atoms with E-state index >= 15 is 0 Å². The Morgan fingerprint density at radius 3 is 2.29 bits per heavy atom. The second-order valence-electron chi connectivity index (χ2n) is 5.13. The van der Waals surface area contributed by atoms with E-state index in [1.807, 2.05) is 0 Å². The molecule has 4 heteroatoms. The largest absolute Gasteiger partial charge is 0.462 e. The lowest BCUT2D eigenvalue weighted by Gasteiger charge is -2.28. The molecule has 0 aromatic heterocycles. The summed E-state index contributed by atoms with van der Waals surface area (Å²) in [7, 11) is 0. The molecule has 0 aromatic rings. The third kappa shape index (κ3) is 3.53. The monoisotopic (exact) mass is 239 g/mol. The fourth-order valence-corrected chi connectivity index (χ4v) is 2.66. The third-order valence-corrected chi connectivity index (χ3v) is 3.87. The fourth-order valence-electron chi connectivity index (χ4n) is 2.66. The van der Waals surface area contributed by atoms with Crippen LogP contribution in [0.25, 0.3) is 0 Å². The molecule has 0 spiro atoms. The predicted octanol–water partition coefficient (Wildman–Crippen LogP) is 1.29. The number of carbonyl (C=O) groups is 2. The maximum atomic E-state index is 11.9. The van der Waals surface area contributed by atoms with Gasteiger partial charge >= 0.3 is 5.97 Å². The topological polar surface area (TPSA) is 55.4 Å². The van der Waals surface area contributed by atoms with Crippen LogP contribution >= 0.6 is 0 Å². The van der Waals surface area contributed by atoms with Gasteiger partial charge in [-0.15, -0.1) is 0 Å². The first-order valence-corrected chi connectivity index (χ1v) is 6.66. The Morgan fingerprint density at radius 1 is 1.06 bits per heavy atom. The van der Waals surface area contributed by atoms with E-state index in [4.69, 9.17) is 4.74 Å². The Balaban J connectivity index is 1.73. The molecule has 4 nitrogen and oxygen atoms in total. The first kappa shape index (κ1) is 12.6. The number of nitrogens with one attached hydrogen (secondary N) is 1. The number of hydrogen-bond acceptors (Lipinski definition) is 4. The molecule has 0 radical (unpaired) electrons. The summed E-state index contributed by atoms with van der Waals surface area (Å²) in [6, 6.07) is 0. The van der Waals surface area contributed by atoms with Crippen molar-refractivity contribution in [3.63, 3.8) is 0 Å². The molecule has 2 rings (SSSR count). The number of carbonyl (C=O) groups excluding carboxylic acids is 2. The average Bonchev–Trinajstić information content (AvgIpc) is 2.40. The van der Waals surface area contributed by atoms with Gasteiger partial charge in [0.1, 0.15) is 12.4 Å². The van der Waals surface area contributed by atoms with Gasteiger partial charge in [0.2, 0.25) is 0 Å². The Kier molecular flexibility index (Phi) is 4.54. The quantitative estimate of drug-likeness (QED) is 0.595. The number of aldehydes is 1. The second-order valence-corrected chi connectivity index (χ2v) is 5.13. The van der Waals surface area contributed by atoms with Gasteiger partial charge in [-0.1, -0.05) is 0 Å². The van der Waals surface area contributed by atoms with Crippen molar-refractivity contribution in [1.29, 1.82) is 0 Å². The van der Waals surface area contributed by atoms with Crippen LogP contribution in [0.1, 0.15) is 38.5 Å². The van der Waals surface area contributed by atoms with Crippen LogP contribution in [0.5, 0.6) is 0 Å². The summed E-state index contributed by atoms with van der Waals surface area (Å²) in [5.74, 6) is 0.241. The summed E-state index contributed by atoms with van der Waals surface area (Å²) in [6.07, 6.45) is 6.30. The van der Waals surface area contributed by atoms with Crippen LogP contribution in [-0.2, 0) is 14.3 Å². The summed E-state index contributed by atoms with van der Waals surface area (Å²) in [4.78, 5) is 22.5. The maximum absolute atomic E-state index is 11.9. The number of hydrogen-bond donors (Lipinski definition) is 1. The zero-order valence-electron chi connectivity index (χ0n) is 10.2. The van der Waals surface area contributed by atoms with Gasteiger partial charge in [-0.25, -0.2) is 0 Å².